The van der Waals surface area contributed by atoms with Crippen LogP contribution in [0.3, 0.4) is 0 Å². The van der Waals surface area contributed by atoms with Crippen molar-refractivity contribution in [3.8, 4) is 6.07 Å². The van der Waals surface area contributed by atoms with Crippen LogP contribution in [0.15, 0.2) is 0 Å². The molecule has 6 unspecified atom stereocenters. The molecule has 2 saturated carbocycles. The van der Waals surface area contributed by atoms with Gasteiger partial charge in [0.1, 0.15) is 11.8 Å². The van der Waals surface area contributed by atoms with E-state index in [0.717, 1.165) is 51.5 Å². The van der Waals surface area contributed by atoms with E-state index in [4.69, 9.17) is 4.74 Å². The number of ether oxygens (including phenoxy) is 1. The number of halogens is 1. The van der Waals surface area contributed by atoms with Crippen LogP contribution in [-0.2, 0) is 4.74 Å². The Bertz CT molecular complexity index is 619. The summed E-state index contributed by atoms with van der Waals surface area (Å²) in [5.41, 5.74) is 0.0710. The first kappa shape index (κ1) is 21.1. The highest BCUT2D eigenvalue weighted by Gasteiger charge is 2.47. The molecular weight excluding hydrogens is 379 g/mol. The predicted molar refractivity (Wildman–Crippen MR) is 115 cm³/mol. The highest BCUT2D eigenvalue weighted by atomic mass is 19.1. The van der Waals surface area contributed by atoms with Crippen LogP contribution in [0.4, 0.5) is 4.39 Å². The lowest BCUT2D eigenvalue weighted by atomic mass is 9.65. The molecule has 0 aromatic carbocycles. The standard InChI is InChI=1S/C24H39FN4O/c25-22-12-19(4-5-20(22)13-26)21-11-18(3-6-23(21)29-8-1-2-9-29)14-28-16-24(17-28)15-27-7-10-30-24/h18-23,27H,1-12,14-17H2. The van der Waals surface area contributed by atoms with Gasteiger partial charge < -0.3 is 15.0 Å². The van der Waals surface area contributed by atoms with Gasteiger partial charge in [0.05, 0.1) is 18.6 Å². The van der Waals surface area contributed by atoms with E-state index in [0.29, 0.717) is 24.3 Å². The first-order chi connectivity index (χ1) is 14.7. The van der Waals surface area contributed by atoms with E-state index in [-0.39, 0.29) is 11.5 Å². The number of hydrogen-bond donors (Lipinski definition) is 1. The minimum atomic E-state index is -0.917. The van der Waals surface area contributed by atoms with Gasteiger partial charge in [-0.15, -0.1) is 0 Å². The number of hydrogen-bond acceptors (Lipinski definition) is 5. The molecule has 6 atom stereocenters. The molecule has 0 radical (unpaired) electrons. The van der Waals surface area contributed by atoms with Gasteiger partial charge in [-0.2, -0.15) is 5.26 Å². The Balaban J connectivity index is 1.20. The molecule has 5 fully saturated rings. The average molecular weight is 419 g/mol. The molecule has 1 N–H and O–H groups in total. The fraction of sp³-hybridized carbons (Fsp3) is 0.958. The maximum atomic E-state index is 14.7. The Morgan fingerprint density at radius 1 is 1.10 bits per heavy atom. The molecule has 0 bridgehead atoms. The Hall–Kier alpha value is -0.740. The third-order valence-corrected chi connectivity index (χ3v) is 8.84. The summed E-state index contributed by atoms with van der Waals surface area (Å²) in [6.07, 6.45) is 7.99. The number of alkyl halides is 1. The van der Waals surface area contributed by atoms with Crippen LogP contribution in [0, 0.1) is 35.0 Å². The first-order valence-electron chi connectivity index (χ1n) is 12.5. The van der Waals surface area contributed by atoms with Gasteiger partial charge in [0.25, 0.3) is 0 Å². The topological polar surface area (TPSA) is 51.5 Å². The zero-order valence-electron chi connectivity index (χ0n) is 18.4. The quantitative estimate of drug-likeness (QED) is 0.761. The van der Waals surface area contributed by atoms with E-state index in [1.165, 1.54) is 51.7 Å². The van der Waals surface area contributed by atoms with Crippen LogP contribution < -0.4 is 5.32 Å². The molecular formula is C24H39FN4O. The van der Waals surface area contributed by atoms with Crippen molar-refractivity contribution in [3.63, 3.8) is 0 Å². The van der Waals surface area contributed by atoms with E-state index in [1.54, 1.807) is 0 Å². The summed E-state index contributed by atoms with van der Waals surface area (Å²) >= 11 is 0. The van der Waals surface area contributed by atoms with E-state index in [2.05, 4.69) is 21.2 Å². The summed E-state index contributed by atoms with van der Waals surface area (Å²) in [6, 6.07) is 2.86. The van der Waals surface area contributed by atoms with E-state index in [1.807, 2.05) is 0 Å². The van der Waals surface area contributed by atoms with Gasteiger partial charge in [-0.3, -0.25) is 4.90 Å². The number of nitrogens with zero attached hydrogens (tertiary/aromatic N) is 3. The number of rotatable bonds is 4. The van der Waals surface area contributed by atoms with Gasteiger partial charge in [0.2, 0.25) is 0 Å². The molecule has 5 rings (SSSR count). The van der Waals surface area contributed by atoms with Crippen LogP contribution in [-0.4, -0.2) is 80.0 Å². The molecule has 0 amide bonds. The Labute approximate surface area is 181 Å². The molecule has 3 saturated heterocycles. The summed E-state index contributed by atoms with van der Waals surface area (Å²) < 4.78 is 20.7. The van der Waals surface area contributed by atoms with Crippen molar-refractivity contribution in [2.45, 2.75) is 69.2 Å². The molecule has 3 heterocycles. The molecule has 3 aliphatic heterocycles. The maximum absolute atomic E-state index is 14.7. The molecule has 5 aliphatic rings. The smallest absolute Gasteiger partial charge is 0.116 e. The minimum absolute atomic E-state index is 0.0710. The molecule has 5 nitrogen and oxygen atoms in total. The fourth-order valence-electron chi connectivity index (χ4n) is 7.33. The third-order valence-electron chi connectivity index (χ3n) is 8.84. The summed E-state index contributed by atoms with van der Waals surface area (Å²) in [5, 5.41) is 12.7. The second-order valence-electron chi connectivity index (χ2n) is 10.9. The maximum Gasteiger partial charge on any atom is 0.116 e. The molecule has 30 heavy (non-hydrogen) atoms. The minimum Gasteiger partial charge on any atom is -0.370 e. The highest BCUT2D eigenvalue weighted by molar-refractivity contribution is 5.03. The van der Waals surface area contributed by atoms with Gasteiger partial charge in [-0.25, -0.2) is 4.39 Å². The van der Waals surface area contributed by atoms with Crippen molar-refractivity contribution >= 4 is 0 Å². The highest BCUT2D eigenvalue weighted by Crippen LogP contribution is 2.45. The van der Waals surface area contributed by atoms with Crippen LogP contribution in [0.2, 0.25) is 0 Å². The average Bonchev–Trinajstić information content (AvgIpc) is 3.28. The van der Waals surface area contributed by atoms with Crippen LogP contribution in [0.25, 0.3) is 0 Å². The third kappa shape index (κ3) is 4.28. The summed E-state index contributed by atoms with van der Waals surface area (Å²) in [4.78, 5) is 5.32. The van der Waals surface area contributed by atoms with Crippen molar-refractivity contribution in [1.82, 2.24) is 15.1 Å². The Morgan fingerprint density at radius 2 is 1.93 bits per heavy atom. The van der Waals surface area contributed by atoms with E-state index < -0.39 is 6.17 Å². The first-order valence-corrected chi connectivity index (χ1v) is 12.5. The predicted octanol–water partition coefficient (Wildman–Crippen LogP) is 2.82. The van der Waals surface area contributed by atoms with Crippen molar-refractivity contribution in [1.29, 1.82) is 5.26 Å². The van der Waals surface area contributed by atoms with Crippen LogP contribution in [0.1, 0.15) is 51.4 Å². The van der Waals surface area contributed by atoms with Crippen molar-refractivity contribution in [2.75, 3.05) is 52.4 Å². The molecule has 168 valence electrons. The zero-order chi connectivity index (χ0) is 20.6. The monoisotopic (exact) mass is 418 g/mol. The van der Waals surface area contributed by atoms with Crippen molar-refractivity contribution in [2.24, 2.45) is 23.7 Å². The summed E-state index contributed by atoms with van der Waals surface area (Å²) in [5.74, 6) is 1.44. The zero-order valence-corrected chi connectivity index (χ0v) is 18.4. The van der Waals surface area contributed by atoms with Crippen LogP contribution >= 0.6 is 0 Å². The van der Waals surface area contributed by atoms with Crippen molar-refractivity contribution < 1.29 is 9.13 Å². The lowest BCUT2D eigenvalue weighted by molar-refractivity contribution is -0.160. The van der Waals surface area contributed by atoms with E-state index in [9.17, 15) is 9.65 Å². The summed E-state index contributed by atoms with van der Waals surface area (Å²) in [7, 11) is 0. The number of morpholine rings is 1. The van der Waals surface area contributed by atoms with E-state index >= 15 is 0 Å². The van der Waals surface area contributed by atoms with Gasteiger partial charge in [-0.1, -0.05) is 0 Å². The van der Waals surface area contributed by atoms with Crippen molar-refractivity contribution in [3.05, 3.63) is 0 Å². The number of nitrogens with one attached hydrogen (secondary N) is 1. The second kappa shape index (κ2) is 9.02. The molecule has 6 heteroatoms. The molecule has 0 aromatic heterocycles. The fourth-order valence-corrected chi connectivity index (χ4v) is 7.33. The number of nitriles is 1. The van der Waals surface area contributed by atoms with Gasteiger partial charge in [0.15, 0.2) is 0 Å². The van der Waals surface area contributed by atoms with Crippen LogP contribution in [0.5, 0.6) is 0 Å². The lowest BCUT2D eigenvalue weighted by Crippen LogP contribution is -2.70. The second-order valence-corrected chi connectivity index (χ2v) is 10.9. The van der Waals surface area contributed by atoms with Gasteiger partial charge in [-0.05, 0) is 82.2 Å². The van der Waals surface area contributed by atoms with Gasteiger partial charge in [0, 0.05) is 38.8 Å². The summed E-state index contributed by atoms with van der Waals surface area (Å²) in [6.45, 7) is 8.59. The normalized spacial score (nSPS) is 42.7. The Kier molecular flexibility index (Phi) is 6.35. The number of likely N-dealkylation sites (tertiary alicyclic amines) is 2. The lowest BCUT2D eigenvalue weighted by Gasteiger charge is -2.53. The van der Waals surface area contributed by atoms with Gasteiger partial charge >= 0.3 is 0 Å². The largest absolute Gasteiger partial charge is 0.370 e. The SMILES string of the molecule is N#CC1CCC(C2CC(CN3CC4(CNCCO4)C3)CCC2N2CCCC2)CC1F. The molecule has 2 aliphatic carbocycles. The molecule has 0 aromatic rings. The molecule has 1 spiro atoms. The Morgan fingerprint density at radius 3 is 2.63 bits per heavy atom.